The van der Waals surface area contributed by atoms with Crippen LogP contribution in [0.2, 0.25) is 10.0 Å². The van der Waals surface area contributed by atoms with Crippen LogP contribution in [-0.2, 0) is 16.0 Å². The van der Waals surface area contributed by atoms with Gasteiger partial charge in [0.2, 0.25) is 5.91 Å². The van der Waals surface area contributed by atoms with Gasteiger partial charge in [0.05, 0.1) is 16.6 Å². The molecule has 2 aromatic rings. The van der Waals surface area contributed by atoms with Crippen LogP contribution in [0.15, 0.2) is 47.5 Å². The van der Waals surface area contributed by atoms with Crippen molar-refractivity contribution in [2.24, 2.45) is 4.99 Å². The lowest BCUT2D eigenvalue weighted by Gasteiger charge is -2.32. The van der Waals surface area contributed by atoms with Gasteiger partial charge in [-0.15, -0.1) is 0 Å². The molecule has 1 fully saturated rings. The number of hydrogen-bond acceptors (Lipinski definition) is 5. The van der Waals surface area contributed by atoms with E-state index in [9.17, 15) is 4.79 Å². The third-order valence-electron chi connectivity index (χ3n) is 5.53. The highest BCUT2D eigenvalue weighted by Crippen LogP contribution is 2.24. The molecule has 0 aromatic heterocycles. The van der Waals surface area contributed by atoms with Crippen molar-refractivity contribution in [1.29, 1.82) is 0 Å². The smallest absolute Gasteiger partial charge is 0.222 e. The van der Waals surface area contributed by atoms with Crippen LogP contribution < -0.4 is 5.32 Å². The van der Waals surface area contributed by atoms with E-state index in [2.05, 4.69) is 46.5 Å². The fraction of sp³-hybridized carbons (Fsp3) is 0.400. The minimum Gasteiger partial charge on any atom is -0.368 e. The molecule has 0 saturated carbocycles. The Labute approximate surface area is 206 Å². The predicted octanol–water partition coefficient (Wildman–Crippen LogP) is 3.86. The maximum Gasteiger partial charge on any atom is 0.222 e. The Balaban J connectivity index is 0.000000293. The summed E-state index contributed by atoms with van der Waals surface area (Å²) in [6, 6.07) is 14.0. The van der Waals surface area contributed by atoms with E-state index < -0.39 is 0 Å². The lowest BCUT2D eigenvalue weighted by atomic mass is 10.1. The van der Waals surface area contributed by atoms with Gasteiger partial charge in [0, 0.05) is 44.7 Å². The number of hydrogen-bond donors (Lipinski definition) is 1. The number of carbonyl (C=O) groups excluding carboxylic acids is 2. The first-order valence-corrected chi connectivity index (χ1v) is 11.7. The van der Waals surface area contributed by atoms with Crippen molar-refractivity contribution < 1.29 is 9.59 Å². The van der Waals surface area contributed by atoms with Gasteiger partial charge in [-0.3, -0.25) is 9.79 Å². The Morgan fingerprint density at radius 2 is 1.73 bits per heavy atom. The second kappa shape index (κ2) is 14.0. The topological polar surface area (TPSA) is 65.0 Å². The SMILES string of the molecule is C=O.CN1CCN(C(=O)CCc2ccc(C3=NCCN3)cc2)CC1.Cc1cccc(Cl)c1Cl. The summed E-state index contributed by atoms with van der Waals surface area (Å²) < 4.78 is 0. The van der Waals surface area contributed by atoms with Crippen molar-refractivity contribution in [3.05, 3.63) is 69.2 Å². The van der Waals surface area contributed by atoms with Gasteiger partial charge in [-0.2, -0.15) is 0 Å². The van der Waals surface area contributed by atoms with Gasteiger partial charge in [0.15, 0.2) is 0 Å². The molecule has 0 bridgehead atoms. The van der Waals surface area contributed by atoms with E-state index in [0.29, 0.717) is 16.5 Å². The normalized spacial score (nSPS) is 15.4. The molecule has 2 heterocycles. The molecular weight excluding hydrogens is 459 g/mol. The minimum atomic E-state index is 0.277. The Hall–Kier alpha value is -2.41. The number of nitrogens with zero attached hydrogens (tertiary/aromatic N) is 3. The number of carbonyl (C=O) groups is 2. The second-order valence-electron chi connectivity index (χ2n) is 7.91. The highest BCUT2D eigenvalue weighted by molar-refractivity contribution is 6.42. The first-order chi connectivity index (χ1) is 15.9. The average Bonchev–Trinajstić information content (AvgIpc) is 3.38. The summed E-state index contributed by atoms with van der Waals surface area (Å²) in [5, 5.41) is 4.55. The highest BCUT2D eigenvalue weighted by atomic mass is 35.5. The van der Waals surface area contributed by atoms with Crippen LogP contribution in [0.25, 0.3) is 0 Å². The van der Waals surface area contributed by atoms with E-state index in [1.165, 1.54) is 5.56 Å². The summed E-state index contributed by atoms with van der Waals surface area (Å²) in [5.41, 5.74) is 3.36. The Morgan fingerprint density at radius 3 is 2.27 bits per heavy atom. The monoisotopic (exact) mass is 490 g/mol. The van der Waals surface area contributed by atoms with Crippen LogP contribution in [0.4, 0.5) is 0 Å². The van der Waals surface area contributed by atoms with Crippen LogP contribution in [0, 0.1) is 6.92 Å². The number of benzene rings is 2. The molecule has 2 aromatic carbocycles. The largest absolute Gasteiger partial charge is 0.368 e. The fourth-order valence-corrected chi connectivity index (χ4v) is 3.85. The number of aliphatic imine (C=N–C) groups is 1. The van der Waals surface area contributed by atoms with Crippen molar-refractivity contribution in [2.45, 2.75) is 19.8 Å². The fourth-order valence-electron chi connectivity index (χ4n) is 3.50. The van der Waals surface area contributed by atoms with E-state index in [0.717, 1.165) is 62.7 Å². The summed E-state index contributed by atoms with van der Waals surface area (Å²) in [7, 11) is 2.10. The van der Waals surface area contributed by atoms with Crippen LogP contribution in [0.3, 0.4) is 0 Å². The molecular formula is C25H32Cl2N4O2. The predicted molar refractivity (Wildman–Crippen MR) is 137 cm³/mol. The van der Waals surface area contributed by atoms with Crippen LogP contribution >= 0.6 is 23.2 Å². The molecule has 178 valence electrons. The van der Waals surface area contributed by atoms with E-state index in [-0.39, 0.29) is 5.91 Å². The Morgan fingerprint density at radius 1 is 1.06 bits per heavy atom. The third-order valence-corrected chi connectivity index (χ3v) is 6.44. The van der Waals surface area contributed by atoms with Gasteiger partial charge in [0.25, 0.3) is 0 Å². The first kappa shape index (κ1) is 26.8. The maximum atomic E-state index is 12.2. The molecule has 2 aliphatic rings. The number of likely N-dealkylation sites (N-methyl/N-ethyl adjacent to an activating group) is 1. The molecule has 33 heavy (non-hydrogen) atoms. The number of amides is 1. The second-order valence-corrected chi connectivity index (χ2v) is 8.69. The minimum absolute atomic E-state index is 0.277. The summed E-state index contributed by atoms with van der Waals surface area (Å²) in [6.45, 7) is 9.39. The number of piperazine rings is 1. The van der Waals surface area contributed by atoms with Crippen LogP contribution in [0.5, 0.6) is 0 Å². The molecule has 0 atom stereocenters. The van der Waals surface area contributed by atoms with Crippen molar-refractivity contribution in [3.63, 3.8) is 0 Å². The number of rotatable bonds is 4. The summed E-state index contributed by atoms with van der Waals surface area (Å²) in [4.78, 5) is 28.9. The molecule has 4 rings (SSSR count). The highest BCUT2D eigenvalue weighted by Gasteiger charge is 2.18. The molecule has 1 amide bonds. The molecule has 0 aliphatic carbocycles. The molecule has 0 unspecified atom stereocenters. The zero-order chi connectivity index (χ0) is 24.2. The van der Waals surface area contributed by atoms with Gasteiger partial charge < -0.3 is 19.9 Å². The molecule has 6 nitrogen and oxygen atoms in total. The van der Waals surface area contributed by atoms with Crippen molar-refractivity contribution in [1.82, 2.24) is 15.1 Å². The lowest BCUT2D eigenvalue weighted by molar-refractivity contribution is -0.132. The summed E-state index contributed by atoms with van der Waals surface area (Å²) >= 11 is 11.4. The van der Waals surface area contributed by atoms with E-state index in [1.54, 1.807) is 6.07 Å². The molecule has 1 saturated heterocycles. The number of nitrogens with one attached hydrogen (secondary N) is 1. The molecule has 0 spiro atoms. The van der Waals surface area contributed by atoms with Crippen molar-refractivity contribution in [2.75, 3.05) is 46.3 Å². The first-order valence-electron chi connectivity index (χ1n) is 11.0. The number of aryl methyl sites for hydroxylation is 2. The van der Waals surface area contributed by atoms with Gasteiger partial charge >= 0.3 is 0 Å². The number of amidine groups is 1. The number of halogens is 2. The Bertz CT molecular complexity index is 906. The van der Waals surface area contributed by atoms with Crippen LogP contribution in [-0.4, -0.2) is 74.6 Å². The average molecular weight is 491 g/mol. The summed E-state index contributed by atoms with van der Waals surface area (Å²) in [6.07, 6.45) is 1.41. The van der Waals surface area contributed by atoms with E-state index >= 15 is 0 Å². The van der Waals surface area contributed by atoms with Crippen molar-refractivity contribution >= 4 is 41.7 Å². The third kappa shape index (κ3) is 8.46. The maximum absolute atomic E-state index is 12.2. The molecule has 2 aliphatic heterocycles. The van der Waals surface area contributed by atoms with Crippen molar-refractivity contribution in [3.8, 4) is 0 Å². The lowest BCUT2D eigenvalue weighted by Crippen LogP contribution is -2.47. The standard InChI is InChI=1S/C17H24N4O.C7H6Cl2.CH2O/c1-20-10-12-21(13-11-20)16(22)7-4-14-2-5-15(6-3-14)17-18-8-9-19-17;1-5-3-2-4-6(8)7(5)9;1-2/h2-3,5-6H,4,7-13H2,1H3,(H,18,19);2-4H,1H3;1H2. The van der Waals surface area contributed by atoms with E-state index in [1.807, 2.05) is 30.7 Å². The zero-order valence-electron chi connectivity index (χ0n) is 19.3. The molecule has 0 radical (unpaired) electrons. The van der Waals surface area contributed by atoms with Gasteiger partial charge in [-0.1, -0.05) is 59.6 Å². The zero-order valence-corrected chi connectivity index (χ0v) is 20.8. The Kier molecular flexibility index (Phi) is 11.4. The van der Waals surface area contributed by atoms with Crippen LogP contribution in [0.1, 0.15) is 23.1 Å². The molecule has 8 heteroatoms. The quantitative estimate of drug-likeness (QED) is 0.706. The van der Waals surface area contributed by atoms with E-state index in [4.69, 9.17) is 28.0 Å². The van der Waals surface area contributed by atoms with Gasteiger partial charge in [-0.05, 0) is 37.6 Å². The van der Waals surface area contributed by atoms with Gasteiger partial charge in [0.1, 0.15) is 12.6 Å². The summed E-state index contributed by atoms with van der Waals surface area (Å²) in [5.74, 6) is 1.26. The van der Waals surface area contributed by atoms with Gasteiger partial charge in [-0.25, -0.2) is 0 Å². The molecule has 1 N–H and O–H groups in total.